The maximum Gasteiger partial charge on any atom is 0.416 e. The molecule has 86 valence electrons. The maximum atomic E-state index is 11.7. The molecule has 3 N–H and O–H groups in total. The number of hydrogen-bond donors (Lipinski definition) is 2. The average molecular weight is 217 g/mol. The van der Waals surface area contributed by atoms with E-state index in [0.717, 1.165) is 21.0 Å². The number of hydrogen-bond acceptors (Lipinski definition) is 3. The number of alkyl halides is 3. The summed E-state index contributed by atoms with van der Waals surface area (Å²) >= 11 is 0. The standard InChI is InChI=1S/C5H9F3O.C2H5NO2/c1-4(2,9-3)5(6,7)8;3-1-2(4)5/h1-3H3;1,3H2,(H,4,5). The van der Waals surface area contributed by atoms with Crippen LogP contribution in [0.5, 0.6) is 0 Å². The number of ether oxygens (including phenoxy) is 1. The molecule has 0 heterocycles. The first-order chi connectivity index (χ1) is 6.08. The number of carbonyl (C=O) groups is 1. The molecule has 0 spiro atoms. The van der Waals surface area contributed by atoms with Crippen LogP contribution in [0.1, 0.15) is 13.8 Å². The highest BCUT2D eigenvalue weighted by Crippen LogP contribution is 2.31. The van der Waals surface area contributed by atoms with E-state index in [4.69, 9.17) is 5.11 Å². The van der Waals surface area contributed by atoms with E-state index in [-0.39, 0.29) is 6.54 Å². The molecule has 0 amide bonds. The van der Waals surface area contributed by atoms with E-state index in [9.17, 15) is 18.0 Å². The number of halogens is 3. The molecular formula is C7H14F3NO3. The summed E-state index contributed by atoms with van der Waals surface area (Å²) in [6, 6.07) is 0. The lowest BCUT2D eigenvalue weighted by molar-refractivity contribution is -0.255. The topological polar surface area (TPSA) is 72.5 Å². The van der Waals surface area contributed by atoms with Crippen molar-refractivity contribution in [3.63, 3.8) is 0 Å². The van der Waals surface area contributed by atoms with Crippen molar-refractivity contribution >= 4 is 5.97 Å². The zero-order chi connectivity index (χ0) is 12.0. The van der Waals surface area contributed by atoms with E-state index >= 15 is 0 Å². The van der Waals surface area contributed by atoms with Crippen molar-refractivity contribution in [3.05, 3.63) is 0 Å². The Hall–Kier alpha value is -0.820. The van der Waals surface area contributed by atoms with Gasteiger partial charge in [0.1, 0.15) is 0 Å². The fourth-order valence-electron chi connectivity index (χ4n) is 0.116. The van der Waals surface area contributed by atoms with Gasteiger partial charge in [0, 0.05) is 7.11 Å². The zero-order valence-corrected chi connectivity index (χ0v) is 8.18. The summed E-state index contributed by atoms with van der Waals surface area (Å²) in [4.78, 5) is 9.24. The van der Waals surface area contributed by atoms with Gasteiger partial charge >= 0.3 is 12.1 Å². The summed E-state index contributed by atoms with van der Waals surface area (Å²) in [5, 5.41) is 7.60. The Balaban J connectivity index is 0. The first kappa shape index (κ1) is 15.6. The average Bonchev–Trinajstić information content (AvgIpc) is 2.03. The summed E-state index contributed by atoms with van der Waals surface area (Å²) in [6.07, 6.45) is -4.28. The molecule has 0 saturated heterocycles. The molecule has 0 rings (SSSR count). The Bertz CT molecular complexity index is 180. The number of methoxy groups -OCH3 is 1. The lowest BCUT2D eigenvalue weighted by Gasteiger charge is -2.25. The molecular weight excluding hydrogens is 203 g/mol. The van der Waals surface area contributed by atoms with Gasteiger partial charge in [0.25, 0.3) is 0 Å². The minimum Gasteiger partial charge on any atom is -0.480 e. The molecule has 7 heteroatoms. The first-order valence-corrected chi connectivity index (χ1v) is 3.62. The van der Waals surface area contributed by atoms with Gasteiger partial charge in [-0.3, -0.25) is 4.79 Å². The van der Waals surface area contributed by atoms with Gasteiger partial charge in [-0.1, -0.05) is 0 Å². The fraction of sp³-hybridized carbons (Fsp3) is 0.857. The molecule has 14 heavy (non-hydrogen) atoms. The summed E-state index contributed by atoms with van der Waals surface area (Å²) in [7, 11) is 1.04. The summed E-state index contributed by atoms with van der Waals surface area (Å²) < 4.78 is 39.3. The van der Waals surface area contributed by atoms with Gasteiger partial charge in [0.15, 0.2) is 5.60 Å². The Morgan fingerprint density at radius 3 is 1.71 bits per heavy atom. The number of nitrogens with two attached hydrogens (primary N) is 1. The van der Waals surface area contributed by atoms with Crippen LogP contribution in [0.2, 0.25) is 0 Å². The van der Waals surface area contributed by atoms with Gasteiger partial charge < -0.3 is 15.6 Å². The second-order valence-corrected chi connectivity index (χ2v) is 2.81. The Morgan fingerprint density at radius 2 is 1.71 bits per heavy atom. The monoisotopic (exact) mass is 217 g/mol. The van der Waals surface area contributed by atoms with Crippen LogP contribution in [0.15, 0.2) is 0 Å². The molecule has 0 fully saturated rings. The molecule has 0 aromatic rings. The minimum absolute atomic E-state index is 0.278. The molecule has 0 atom stereocenters. The van der Waals surface area contributed by atoms with E-state index < -0.39 is 17.7 Å². The highest BCUT2D eigenvalue weighted by Gasteiger charge is 2.47. The van der Waals surface area contributed by atoms with Crippen molar-refractivity contribution in [2.24, 2.45) is 5.73 Å². The van der Waals surface area contributed by atoms with Crippen molar-refractivity contribution in [1.82, 2.24) is 0 Å². The summed E-state index contributed by atoms with van der Waals surface area (Å²) in [5.41, 5.74) is 2.55. The SMILES string of the molecule is COC(C)(C)C(F)(F)F.NCC(=O)O. The number of rotatable bonds is 2. The van der Waals surface area contributed by atoms with Crippen LogP contribution >= 0.6 is 0 Å². The smallest absolute Gasteiger partial charge is 0.416 e. The Kier molecular flexibility index (Phi) is 6.50. The molecule has 0 aliphatic rings. The predicted molar refractivity (Wildman–Crippen MR) is 43.8 cm³/mol. The van der Waals surface area contributed by atoms with E-state index in [2.05, 4.69) is 10.5 Å². The Labute approximate surface area is 79.8 Å². The second kappa shape index (κ2) is 5.82. The number of aliphatic carboxylic acids is 1. The third kappa shape index (κ3) is 6.67. The zero-order valence-electron chi connectivity index (χ0n) is 8.18. The van der Waals surface area contributed by atoms with Crippen LogP contribution in [0.3, 0.4) is 0 Å². The highest BCUT2D eigenvalue weighted by molar-refractivity contribution is 5.68. The van der Waals surface area contributed by atoms with Gasteiger partial charge in [-0.15, -0.1) is 0 Å². The van der Waals surface area contributed by atoms with Crippen LogP contribution < -0.4 is 5.73 Å². The molecule has 0 radical (unpaired) electrons. The van der Waals surface area contributed by atoms with Gasteiger partial charge in [-0.25, -0.2) is 0 Å². The lowest BCUT2D eigenvalue weighted by atomic mass is 10.1. The largest absolute Gasteiger partial charge is 0.480 e. The molecule has 0 aliphatic heterocycles. The third-order valence-electron chi connectivity index (χ3n) is 1.37. The van der Waals surface area contributed by atoms with Crippen molar-refractivity contribution in [2.45, 2.75) is 25.6 Å². The normalized spacial score (nSPS) is 11.6. The van der Waals surface area contributed by atoms with E-state index in [0.29, 0.717) is 0 Å². The van der Waals surface area contributed by atoms with Crippen LogP contribution in [0.4, 0.5) is 13.2 Å². The minimum atomic E-state index is -4.28. The quantitative estimate of drug-likeness (QED) is 0.723. The highest BCUT2D eigenvalue weighted by atomic mass is 19.4. The van der Waals surface area contributed by atoms with Crippen LogP contribution in [0.25, 0.3) is 0 Å². The number of carboxylic acid groups (broad SMARTS) is 1. The maximum absolute atomic E-state index is 11.7. The first-order valence-electron chi connectivity index (χ1n) is 3.62. The lowest BCUT2D eigenvalue weighted by Crippen LogP contribution is -2.40. The Morgan fingerprint density at radius 1 is 1.43 bits per heavy atom. The third-order valence-corrected chi connectivity index (χ3v) is 1.37. The molecule has 0 unspecified atom stereocenters. The molecule has 0 saturated carbocycles. The summed E-state index contributed by atoms with van der Waals surface area (Å²) in [6.45, 7) is 1.68. The second-order valence-electron chi connectivity index (χ2n) is 2.81. The molecule has 0 aromatic carbocycles. The van der Waals surface area contributed by atoms with Gasteiger partial charge in [-0.2, -0.15) is 13.2 Å². The number of carboxylic acids is 1. The van der Waals surface area contributed by atoms with Crippen molar-refractivity contribution in [2.75, 3.05) is 13.7 Å². The summed E-state index contributed by atoms with van der Waals surface area (Å²) in [5.74, 6) is -0.968. The molecule has 0 aromatic heterocycles. The van der Waals surface area contributed by atoms with Crippen LogP contribution in [0, 0.1) is 0 Å². The van der Waals surface area contributed by atoms with Crippen molar-refractivity contribution < 1.29 is 27.8 Å². The molecule has 4 nitrogen and oxygen atoms in total. The van der Waals surface area contributed by atoms with Gasteiger partial charge in [0.2, 0.25) is 0 Å². The molecule has 0 aliphatic carbocycles. The predicted octanol–water partition coefficient (Wildman–Crippen LogP) is 1.00. The van der Waals surface area contributed by atoms with Gasteiger partial charge in [-0.05, 0) is 13.8 Å². The van der Waals surface area contributed by atoms with Crippen molar-refractivity contribution in [3.8, 4) is 0 Å². The van der Waals surface area contributed by atoms with Crippen molar-refractivity contribution in [1.29, 1.82) is 0 Å². The molecule has 0 bridgehead atoms. The van der Waals surface area contributed by atoms with Gasteiger partial charge in [0.05, 0.1) is 6.54 Å². The fourth-order valence-corrected chi connectivity index (χ4v) is 0.116. The van der Waals surface area contributed by atoms with E-state index in [1.54, 1.807) is 0 Å². The van der Waals surface area contributed by atoms with E-state index in [1.807, 2.05) is 0 Å². The van der Waals surface area contributed by atoms with Crippen LogP contribution in [-0.4, -0.2) is 36.5 Å². The van der Waals surface area contributed by atoms with E-state index in [1.165, 1.54) is 0 Å². The van der Waals surface area contributed by atoms with Crippen LogP contribution in [-0.2, 0) is 9.53 Å².